The highest BCUT2D eigenvalue weighted by molar-refractivity contribution is 5.99. The zero-order valence-electron chi connectivity index (χ0n) is 14.9. The van der Waals surface area contributed by atoms with E-state index in [4.69, 9.17) is 9.47 Å². The maximum absolute atomic E-state index is 12.5. The predicted octanol–water partition coefficient (Wildman–Crippen LogP) is 1.54. The Morgan fingerprint density at radius 2 is 2.04 bits per heavy atom. The van der Waals surface area contributed by atoms with E-state index in [1.54, 1.807) is 10.9 Å². The highest BCUT2D eigenvalue weighted by atomic mass is 16.5. The van der Waals surface area contributed by atoms with Crippen LogP contribution in [-0.4, -0.2) is 61.0 Å². The molecule has 3 rings (SSSR count). The molecule has 25 heavy (non-hydrogen) atoms. The number of nitrogens with one attached hydrogen (secondary N) is 1. The van der Waals surface area contributed by atoms with Crippen LogP contribution in [0.5, 0.6) is 11.5 Å². The van der Waals surface area contributed by atoms with Crippen molar-refractivity contribution < 1.29 is 14.3 Å². The van der Waals surface area contributed by atoms with Gasteiger partial charge in [-0.15, -0.1) is 0 Å². The first-order chi connectivity index (χ1) is 12.0. The lowest BCUT2D eigenvalue weighted by molar-refractivity contribution is 0.0951. The number of ether oxygens (including phenoxy) is 2. The van der Waals surface area contributed by atoms with Crippen LogP contribution in [0.3, 0.4) is 0 Å². The van der Waals surface area contributed by atoms with Crippen LogP contribution in [0.25, 0.3) is 11.3 Å². The minimum Gasteiger partial charge on any atom is -0.490 e. The average Bonchev–Trinajstić information content (AvgIpc) is 2.82. The second-order valence-electron chi connectivity index (χ2n) is 6.34. The second-order valence-corrected chi connectivity index (χ2v) is 6.34. The molecular formula is C18H24N4O3. The van der Waals surface area contributed by atoms with Crippen LogP contribution >= 0.6 is 0 Å². The molecule has 7 heteroatoms. The van der Waals surface area contributed by atoms with Gasteiger partial charge in [0.1, 0.15) is 5.69 Å². The molecule has 0 radical (unpaired) electrons. The van der Waals surface area contributed by atoms with E-state index in [1.807, 2.05) is 44.2 Å². The third kappa shape index (κ3) is 4.11. The lowest BCUT2D eigenvalue weighted by Crippen LogP contribution is -2.31. The molecule has 0 aliphatic carbocycles. The molecule has 2 aromatic rings. The number of aromatic nitrogens is 2. The summed E-state index contributed by atoms with van der Waals surface area (Å²) in [5.41, 5.74) is 2.03. The predicted molar refractivity (Wildman–Crippen MR) is 95.1 cm³/mol. The Hall–Kier alpha value is -2.54. The number of rotatable bonds is 5. The third-order valence-electron chi connectivity index (χ3n) is 3.94. The monoisotopic (exact) mass is 344 g/mol. The summed E-state index contributed by atoms with van der Waals surface area (Å²) in [6.07, 6.45) is 2.59. The van der Waals surface area contributed by atoms with Crippen LogP contribution in [0.2, 0.25) is 0 Å². The smallest absolute Gasteiger partial charge is 0.255 e. The van der Waals surface area contributed by atoms with E-state index < -0.39 is 0 Å². The number of amides is 1. The normalized spacial score (nSPS) is 13.6. The first-order valence-corrected chi connectivity index (χ1v) is 8.41. The van der Waals surface area contributed by atoms with Crippen molar-refractivity contribution in [2.45, 2.75) is 6.42 Å². The average molecular weight is 344 g/mol. The molecule has 0 unspecified atom stereocenters. The van der Waals surface area contributed by atoms with Gasteiger partial charge in [0, 0.05) is 38.3 Å². The summed E-state index contributed by atoms with van der Waals surface area (Å²) in [7, 11) is 5.75. The maximum Gasteiger partial charge on any atom is 0.255 e. The lowest BCUT2D eigenvalue weighted by atomic mass is 10.1. The molecule has 0 saturated heterocycles. The molecule has 0 spiro atoms. The zero-order valence-corrected chi connectivity index (χ0v) is 14.9. The van der Waals surface area contributed by atoms with Gasteiger partial charge in [-0.05, 0) is 32.3 Å². The molecule has 1 aliphatic heterocycles. The Balaban J connectivity index is 1.85. The molecule has 1 aromatic carbocycles. The van der Waals surface area contributed by atoms with Crippen molar-refractivity contribution in [2.24, 2.45) is 7.05 Å². The Morgan fingerprint density at radius 1 is 1.28 bits per heavy atom. The first kappa shape index (κ1) is 17.3. The van der Waals surface area contributed by atoms with Gasteiger partial charge < -0.3 is 19.7 Å². The van der Waals surface area contributed by atoms with Gasteiger partial charge in [0.15, 0.2) is 11.5 Å². The van der Waals surface area contributed by atoms with E-state index in [0.717, 1.165) is 24.3 Å². The van der Waals surface area contributed by atoms with E-state index >= 15 is 0 Å². The number of benzene rings is 1. The zero-order chi connectivity index (χ0) is 17.8. The maximum atomic E-state index is 12.5. The molecule has 0 atom stereocenters. The van der Waals surface area contributed by atoms with Gasteiger partial charge in [0.2, 0.25) is 0 Å². The summed E-state index contributed by atoms with van der Waals surface area (Å²) in [6.45, 7) is 2.64. The van der Waals surface area contributed by atoms with Crippen LogP contribution in [0, 0.1) is 0 Å². The second kappa shape index (κ2) is 7.57. The van der Waals surface area contributed by atoms with Crippen LogP contribution in [0.15, 0.2) is 24.4 Å². The first-order valence-electron chi connectivity index (χ1n) is 8.41. The summed E-state index contributed by atoms with van der Waals surface area (Å²) < 4.78 is 13.1. The number of likely N-dealkylation sites (N-methyl/N-ethyl adjacent to an activating group) is 1. The molecule has 0 fully saturated rings. The number of fused-ring (bicyclic) bond motifs is 1. The van der Waals surface area contributed by atoms with Crippen molar-refractivity contribution in [3.63, 3.8) is 0 Å². The van der Waals surface area contributed by atoms with Crippen LogP contribution in [-0.2, 0) is 7.05 Å². The van der Waals surface area contributed by atoms with Crippen LogP contribution < -0.4 is 14.8 Å². The Kier molecular flexibility index (Phi) is 5.23. The SMILES string of the molecule is CN(C)CCNC(=O)c1cn(C)nc1-c1ccc2c(c1)OCCCO2. The summed E-state index contributed by atoms with van der Waals surface area (Å²) in [6, 6.07) is 5.67. The number of nitrogens with zero attached hydrogens (tertiary/aromatic N) is 3. The Labute approximate surface area is 147 Å². The fraction of sp³-hybridized carbons (Fsp3) is 0.444. The molecule has 134 valence electrons. The molecule has 2 heterocycles. The minimum absolute atomic E-state index is 0.128. The molecule has 1 N–H and O–H groups in total. The molecule has 1 aliphatic rings. The highest BCUT2D eigenvalue weighted by Crippen LogP contribution is 2.34. The third-order valence-corrected chi connectivity index (χ3v) is 3.94. The molecule has 1 aromatic heterocycles. The van der Waals surface area contributed by atoms with Gasteiger partial charge in [0.05, 0.1) is 18.8 Å². The topological polar surface area (TPSA) is 68.6 Å². The van der Waals surface area contributed by atoms with Crippen molar-refractivity contribution >= 4 is 5.91 Å². The number of carbonyl (C=O) groups excluding carboxylic acids is 1. The fourth-order valence-corrected chi connectivity index (χ4v) is 2.67. The van der Waals surface area contributed by atoms with E-state index in [1.165, 1.54) is 0 Å². The van der Waals surface area contributed by atoms with Crippen molar-refractivity contribution in [3.05, 3.63) is 30.0 Å². The van der Waals surface area contributed by atoms with Crippen molar-refractivity contribution in [1.82, 2.24) is 20.0 Å². The summed E-state index contributed by atoms with van der Waals surface area (Å²) >= 11 is 0. The molecule has 1 amide bonds. The van der Waals surface area contributed by atoms with Gasteiger partial charge in [-0.25, -0.2) is 0 Å². The van der Waals surface area contributed by atoms with E-state index in [2.05, 4.69) is 10.4 Å². The summed E-state index contributed by atoms with van der Waals surface area (Å²) in [5, 5.41) is 7.40. The highest BCUT2D eigenvalue weighted by Gasteiger charge is 2.19. The summed E-state index contributed by atoms with van der Waals surface area (Å²) in [4.78, 5) is 14.6. The van der Waals surface area contributed by atoms with Crippen LogP contribution in [0.4, 0.5) is 0 Å². The molecule has 7 nitrogen and oxygen atoms in total. The van der Waals surface area contributed by atoms with E-state index in [9.17, 15) is 4.79 Å². The number of aryl methyl sites for hydroxylation is 1. The standard InChI is InChI=1S/C18H24N4O3/c1-21(2)8-7-19-18(23)14-12-22(3)20-17(14)13-5-6-15-16(11-13)25-10-4-9-24-15/h5-6,11-12H,4,7-10H2,1-3H3,(H,19,23). The molecular weight excluding hydrogens is 320 g/mol. The van der Waals surface area contributed by atoms with Crippen molar-refractivity contribution in [1.29, 1.82) is 0 Å². The number of hydrogen-bond donors (Lipinski definition) is 1. The van der Waals surface area contributed by atoms with Crippen molar-refractivity contribution in [3.8, 4) is 22.8 Å². The minimum atomic E-state index is -0.128. The fourth-order valence-electron chi connectivity index (χ4n) is 2.67. The van der Waals surface area contributed by atoms with E-state index in [-0.39, 0.29) is 5.91 Å². The number of carbonyl (C=O) groups is 1. The van der Waals surface area contributed by atoms with Gasteiger partial charge in [-0.1, -0.05) is 0 Å². The summed E-state index contributed by atoms with van der Waals surface area (Å²) in [5.74, 6) is 1.30. The van der Waals surface area contributed by atoms with Gasteiger partial charge in [0.25, 0.3) is 5.91 Å². The lowest BCUT2D eigenvalue weighted by Gasteiger charge is -2.11. The van der Waals surface area contributed by atoms with Gasteiger partial charge >= 0.3 is 0 Å². The largest absolute Gasteiger partial charge is 0.490 e. The molecule has 0 saturated carbocycles. The van der Waals surface area contributed by atoms with Crippen molar-refractivity contribution in [2.75, 3.05) is 40.4 Å². The van der Waals surface area contributed by atoms with Gasteiger partial charge in [-0.2, -0.15) is 5.10 Å². The van der Waals surface area contributed by atoms with E-state index in [0.29, 0.717) is 36.8 Å². The quantitative estimate of drug-likeness (QED) is 0.891. The number of hydrogen-bond acceptors (Lipinski definition) is 5. The van der Waals surface area contributed by atoms with Crippen LogP contribution in [0.1, 0.15) is 16.8 Å². The van der Waals surface area contributed by atoms with Gasteiger partial charge in [-0.3, -0.25) is 9.48 Å². The Bertz CT molecular complexity index is 755. The Morgan fingerprint density at radius 3 is 2.80 bits per heavy atom. The molecule has 0 bridgehead atoms.